The van der Waals surface area contributed by atoms with E-state index in [1.54, 1.807) is 12.1 Å². The second-order valence-corrected chi connectivity index (χ2v) is 8.98. The molecular formula is C22H27N3O4S. The molecule has 1 N–H and O–H groups in total. The van der Waals surface area contributed by atoms with Gasteiger partial charge in [0.2, 0.25) is 5.91 Å². The number of hydrogen-bond donors (Lipinski definition) is 1. The Morgan fingerprint density at radius 1 is 1.17 bits per heavy atom. The van der Waals surface area contributed by atoms with Gasteiger partial charge in [0.15, 0.2) is 0 Å². The number of nitrogens with one attached hydrogen (secondary N) is 1. The van der Waals surface area contributed by atoms with E-state index in [1.165, 1.54) is 12.1 Å². The molecule has 1 amide bonds. The van der Waals surface area contributed by atoms with Gasteiger partial charge >= 0.3 is 0 Å². The topological polar surface area (TPSA) is 88.1 Å². The highest BCUT2D eigenvalue weighted by Gasteiger charge is 2.20. The molecule has 1 aliphatic rings. The lowest BCUT2D eigenvalue weighted by Gasteiger charge is -2.11. The van der Waals surface area contributed by atoms with Gasteiger partial charge < -0.3 is 15.0 Å². The van der Waals surface area contributed by atoms with Gasteiger partial charge in [0, 0.05) is 25.7 Å². The third-order valence-corrected chi connectivity index (χ3v) is 6.46. The predicted molar refractivity (Wildman–Crippen MR) is 118 cm³/mol. The normalized spacial score (nSPS) is 15.4. The lowest BCUT2D eigenvalue weighted by Crippen LogP contribution is -2.20. The Morgan fingerprint density at radius 2 is 1.90 bits per heavy atom. The standard InChI is InChI=1S/C22H27N3O4S/c1-16-6-4-7-20(17(16)2)29-15-13-22(26)23-18-9-11-19(12-10-18)30(27,28)24-21-8-5-14-25(21)3/h4,6-7,9-12H,5,8,13-15H2,1-3H3,(H,23,26)/b24-21+. The van der Waals surface area contributed by atoms with Gasteiger partial charge in [-0.25, -0.2) is 0 Å². The van der Waals surface area contributed by atoms with Crippen LogP contribution < -0.4 is 10.1 Å². The van der Waals surface area contributed by atoms with Crippen molar-refractivity contribution in [1.82, 2.24) is 4.90 Å². The predicted octanol–water partition coefficient (Wildman–Crippen LogP) is 3.52. The first kappa shape index (κ1) is 21.8. The molecule has 3 rings (SSSR count). The van der Waals surface area contributed by atoms with Gasteiger partial charge in [-0.05, 0) is 61.7 Å². The molecule has 0 aliphatic carbocycles. The van der Waals surface area contributed by atoms with Crippen molar-refractivity contribution in [2.75, 3.05) is 25.5 Å². The van der Waals surface area contributed by atoms with Crippen LogP contribution in [0.2, 0.25) is 0 Å². The summed E-state index contributed by atoms with van der Waals surface area (Å²) in [6, 6.07) is 11.8. The first-order valence-corrected chi connectivity index (χ1v) is 11.3. The minimum absolute atomic E-state index is 0.103. The van der Waals surface area contributed by atoms with Crippen LogP contribution in [-0.2, 0) is 14.8 Å². The maximum Gasteiger partial charge on any atom is 0.283 e. The molecular weight excluding hydrogens is 402 g/mol. The maximum absolute atomic E-state index is 12.5. The van der Waals surface area contributed by atoms with Crippen LogP contribution in [0, 0.1) is 13.8 Å². The molecule has 160 valence electrons. The van der Waals surface area contributed by atoms with Crippen molar-refractivity contribution < 1.29 is 17.9 Å². The minimum atomic E-state index is -3.76. The van der Waals surface area contributed by atoms with Crippen molar-refractivity contribution in [1.29, 1.82) is 0 Å². The number of rotatable bonds is 7. The highest BCUT2D eigenvalue weighted by molar-refractivity contribution is 7.90. The van der Waals surface area contributed by atoms with Gasteiger partial charge in [0.1, 0.15) is 11.6 Å². The summed E-state index contributed by atoms with van der Waals surface area (Å²) >= 11 is 0. The maximum atomic E-state index is 12.5. The molecule has 0 atom stereocenters. The van der Waals surface area contributed by atoms with E-state index >= 15 is 0 Å². The molecule has 1 aliphatic heterocycles. The van der Waals surface area contributed by atoms with Crippen molar-refractivity contribution in [3.05, 3.63) is 53.6 Å². The molecule has 0 aromatic heterocycles. The minimum Gasteiger partial charge on any atom is -0.493 e. The fourth-order valence-corrected chi connectivity index (χ4v) is 4.26. The highest BCUT2D eigenvalue weighted by Crippen LogP contribution is 2.21. The quantitative estimate of drug-likeness (QED) is 0.728. The molecule has 1 fully saturated rings. The molecule has 0 saturated carbocycles. The van der Waals surface area contributed by atoms with E-state index in [0.717, 1.165) is 29.8 Å². The van der Waals surface area contributed by atoms with Gasteiger partial charge in [-0.2, -0.15) is 8.42 Å². The lowest BCUT2D eigenvalue weighted by atomic mass is 10.1. The number of nitrogens with zero attached hydrogens (tertiary/aromatic N) is 2. The summed E-state index contributed by atoms with van der Waals surface area (Å²) < 4.78 is 34.6. The van der Waals surface area contributed by atoms with E-state index in [2.05, 4.69) is 9.71 Å². The SMILES string of the molecule is Cc1cccc(OCCC(=O)Nc2ccc(S(=O)(=O)/N=C3\CCCN3C)cc2)c1C. The first-order valence-electron chi connectivity index (χ1n) is 9.90. The van der Waals surface area contributed by atoms with E-state index < -0.39 is 10.0 Å². The van der Waals surface area contributed by atoms with E-state index in [9.17, 15) is 13.2 Å². The molecule has 0 radical (unpaired) electrons. The average Bonchev–Trinajstić information content (AvgIpc) is 3.09. The Bertz CT molecular complexity index is 1050. The molecule has 2 aromatic rings. The second-order valence-electron chi connectivity index (χ2n) is 7.38. The highest BCUT2D eigenvalue weighted by atomic mass is 32.2. The van der Waals surface area contributed by atoms with Crippen molar-refractivity contribution >= 4 is 27.5 Å². The number of anilines is 1. The van der Waals surface area contributed by atoms with Crippen molar-refractivity contribution in [3.63, 3.8) is 0 Å². The monoisotopic (exact) mass is 429 g/mol. The van der Waals surface area contributed by atoms with Crippen molar-refractivity contribution in [2.24, 2.45) is 4.40 Å². The Balaban J connectivity index is 1.55. The van der Waals surface area contributed by atoms with E-state index in [-0.39, 0.29) is 23.8 Å². The summed E-state index contributed by atoms with van der Waals surface area (Å²) in [6.45, 7) is 5.06. The van der Waals surface area contributed by atoms with Crippen LogP contribution in [-0.4, -0.2) is 45.3 Å². The van der Waals surface area contributed by atoms with E-state index in [4.69, 9.17) is 4.74 Å². The number of likely N-dealkylation sites (tertiary alicyclic amines) is 1. The number of amidine groups is 1. The van der Waals surface area contributed by atoms with Gasteiger partial charge in [-0.1, -0.05) is 12.1 Å². The third kappa shape index (κ3) is 5.38. The Hall–Kier alpha value is -2.87. The lowest BCUT2D eigenvalue weighted by molar-refractivity contribution is -0.116. The van der Waals surface area contributed by atoms with Crippen LogP contribution in [0.25, 0.3) is 0 Å². The molecule has 1 saturated heterocycles. The summed E-state index contributed by atoms with van der Waals surface area (Å²) in [7, 11) is -1.92. The number of carbonyl (C=O) groups is 1. The number of hydrogen-bond acceptors (Lipinski definition) is 4. The van der Waals surface area contributed by atoms with Crippen LogP contribution in [0.4, 0.5) is 5.69 Å². The van der Waals surface area contributed by atoms with Crippen molar-refractivity contribution in [2.45, 2.75) is 38.0 Å². The Morgan fingerprint density at radius 3 is 2.57 bits per heavy atom. The number of benzene rings is 2. The summed E-state index contributed by atoms with van der Waals surface area (Å²) in [5.41, 5.74) is 2.72. The zero-order valence-corrected chi connectivity index (χ0v) is 18.3. The number of carbonyl (C=O) groups excluding carboxylic acids is 1. The molecule has 8 heteroatoms. The summed E-state index contributed by atoms with van der Waals surface area (Å²) in [5.74, 6) is 1.15. The first-order chi connectivity index (χ1) is 14.3. The molecule has 0 spiro atoms. The fraction of sp³-hybridized carbons (Fsp3) is 0.364. The second kappa shape index (κ2) is 9.30. The van der Waals surface area contributed by atoms with Crippen LogP contribution >= 0.6 is 0 Å². The molecule has 1 heterocycles. The number of aryl methyl sites for hydroxylation is 1. The summed E-state index contributed by atoms with van der Waals surface area (Å²) in [6.07, 6.45) is 1.75. The van der Waals surface area contributed by atoms with Crippen LogP contribution in [0.3, 0.4) is 0 Å². The smallest absolute Gasteiger partial charge is 0.283 e. The number of ether oxygens (including phenoxy) is 1. The molecule has 30 heavy (non-hydrogen) atoms. The average molecular weight is 430 g/mol. The van der Waals surface area contributed by atoms with Crippen molar-refractivity contribution in [3.8, 4) is 5.75 Å². The summed E-state index contributed by atoms with van der Waals surface area (Å²) in [4.78, 5) is 14.1. The number of amides is 1. The van der Waals surface area contributed by atoms with Gasteiger partial charge in [-0.15, -0.1) is 4.40 Å². The van der Waals surface area contributed by atoms with Gasteiger partial charge in [0.05, 0.1) is 17.9 Å². The number of sulfonamides is 1. The Kier molecular flexibility index (Phi) is 6.77. The van der Waals surface area contributed by atoms with E-state index in [0.29, 0.717) is 17.9 Å². The summed E-state index contributed by atoms with van der Waals surface area (Å²) in [5, 5.41) is 2.76. The van der Waals surface area contributed by atoms with E-state index in [1.807, 2.05) is 44.0 Å². The Labute approximate surface area is 177 Å². The van der Waals surface area contributed by atoms with Crippen LogP contribution in [0.15, 0.2) is 51.8 Å². The zero-order chi connectivity index (χ0) is 21.7. The van der Waals surface area contributed by atoms with Crippen LogP contribution in [0.1, 0.15) is 30.4 Å². The molecule has 0 bridgehead atoms. The molecule has 2 aromatic carbocycles. The fourth-order valence-electron chi connectivity index (χ4n) is 3.17. The van der Waals surface area contributed by atoms with Gasteiger partial charge in [-0.3, -0.25) is 4.79 Å². The molecule has 7 nitrogen and oxygen atoms in total. The van der Waals surface area contributed by atoms with Gasteiger partial charge in [0.25, 0.3) is 10.0 Å². The van der Waals surface area contributed by atoms with Crippen LogP contribution in [0.5, 0.6) is 5.75 Å². The largest absolute Gasteiger partial charge is 0.493 e. The molecule has 0 unspecified atom stereocenters. The zero-order valence-electron chi connectivity index (χ0n) is 17.5. The third-order valence-electron chi connectivity index (χ3n) is 5.14.